The van der Waals surface area contributed by atoms with Crippen molar-refractivity contribution in [2.45, 2.75) is 6.92 Å². The molecule has 0 spiro atoms. The van der Waals surface area contributed by atoms with Gasteiger partial charge in [-0.2, -0.15) is 0 Å². The minimum Gasteiger partial charge on any atom is -0.494 e. The summed E-state index contributed by atoms with van der Waals surface area (Å²) in [5.41, 5.74) is 0.626. The Labute approximate surface area is 171 Å². The summed E-state index contributed by atoms with van der Waals surface area (Å²) in [5.74, 6) is -1.73. The molecule has 2 aromatic rings. The second-order valence-corrected chi connectivity index (χ2v) is 6.80. The molecule has 1 saturated heterocycles. The summed E-state index contributed by atoms with van der Waals surface area (Å²) in [6, 6.07) is 10.5. The first kappa shape index (κ1) is 20.0. The molecule has 1 unspecified atom stereocenters. The summed E-state index contributed by atoms with van der Waals surface area (Å²) in [5, 5.41) is 5.82. The van der Waals surface area contributed by atoms with Gasteiger partial charge in [0.2, 0.25) is 11.8 Å². The maximum absolute atomic E-state index is 12.8. The summed E-state index contributed by atoms with van der Waals surface area (Å²) in [6.07, 6.45) is 0. The molecule has 4 amide bonds. The van der Waals surface area contributed by atoms with Gasteiger partial charge in [-0.15, -0.1) is 0 Å². The van der Waals surface area contributed by atoms with Crippen molar-refractivity contribution in [3.8, 4) is 5.75 Å². The van der Waals surface area contributed by atoms with E-state index in [1.165, 1.54) is 12.1 Å². The third-order valence-corrected chi connectivity index (χ3v) is 4.65. The minimum absolute atomic E-state index is 0.116. The van der Waals surface area contributed by atoms with Crippen LogP contribution in [-0.2, 0) is 9.59 Å². The Balaban J connectivity index is 1.79. The summed E-state index contributed by atoms with van der Waals surface area (Å²) in [6.45, 7) is 2.23. The van der Waals surface area contributed by atoms with E-state index < -0.39 is 23.8 Å². The number of nitrogens with one attached hydrogen (secondary N) is 2. The van der Waals surface area contributed by atoms with Gasteiger partial charge in [-0.3, -0.25) is 9.59 Å². The molecule has 0 aliphatic carbocycles. The van der Waals surface area contributed by atoms with Gasteiger partial charge in [0.1, 0.15) is 11.7 Å². The molecule has 1 heterocycles. The zero-order chi connectivity index (χ0) is 20.3. The van der Waals surface area contributed by atoms with Crippen LogP contribution in [0.15, 0.2) is 42.5 Å². The monoisotopic (exact) mass is 421 g/mol. The third kappa shape index (κ3) is 4.21. The smallest absolute Gasteiger partial charge is 0.328 e. The number of benzene rings is 2. The summed E-state index contributed by atoms with van der Waals surface area (Å²) in [4.78, 5) is 38.6. The zero-order valence-electron chi connectivity index (χ0n) is 14.9. The van der Waals surface area contributed by atoms with E-state index in [4.69, 9.17) is 27.9 Å². The Morgan fingerprint density at radius 3 is 2.61 bits per heavy atom. The molecule has 0 bridgehead atoms. The molecule has 146 valence electrons. The van der Waals surface area contributed by atoms with Crippen molar-refractivity contribution in [1.82, 2.24) is 5.32 Å². The van der Waals surface area contributed by atoms with Crippen LogP contribution in [0.2, 0.25) is 10.0 Å². The minimum atomic E-state index is -1.11. The number of carbonyl (C=O) groups excluding carboxylic acids is 3. The predicted molar refractivity (Wildman–Crippen MR) is 107 cm³/mol. The van der Waals surface area contributed by atoms with Gasteiger partial charge in [0.15, 0.2) is 0 Å². The molecule has 2 N–H and O–H groups in total. The Kier molecular flexibility index (Phi) is 6.06. The van der Waals surface area contributed by atoms with Gasteiger partial charge < -0.3 is 15.4 Å². The molecule has 2 aromatic carbocycles. The third-order valence-electron chi connectivity index (χ3n) is 4.09. The first-order valence-electron chi connectivity index (χ1n) is 8.51. The van der Waals surface area contributed by atoms with Gasteiger partial charge in [0, 0.05) is 11.6 Å². The molecule has 1 aliphatic heterocycles. The number of nitrogens with zero attached hydrogens (tertiary/aromatic N) is 1. The number of amides is 4. The van der Waals surface area contributed by atoms with Crippen LogP contribution in [0.3, 0.4) is 0 Å². The summed E-state index contributed by atoms with van der Waals surface area (Å²) < 4.78 is 5.36. The molecular formula is C19H17Cl2N3O4. The number of imide groups is 1. The van der Waals surface area contributed by atoms with E-state index in [0.717, 1.165) is 4.90 Å². The Morgan fingerprint density at radius 2 is 1.93 bits per heavy atom. The van der Waals surface area contributed by atoms with E-state index in [-0.39, 0.29) is 17.3 Å². The summed E-state index contributed by atoms with van der Waals surface area (Å²) in [7, 11) is 0. The average Bonchev–Trinajstić information content (AvgIpc) is 2.66. The lowest BCUT2D eigenvalue weighted by Crippen LogP contribution is -2.58. The molecule has 1 aliphatic rings. The van der Waals surface area contributed by atoms with Crippen LogP contribution in [0.5, 0.6) is 5.75 Å². The highest BCUT2D eigenvalue weighted by atomic mass is 35.5. The van der Waals surface area contributed by atoms with Crippen LogP contribution < -0.4 is 20.3 Å². The van der Waals surface area contributed by atoms with E-state index in [1.807, 2.05) is 6.92 Å². The van der Waals surface area contributed by atoms with Crippen molar-refractivity contribution in [3.63, 3.8) is 0 Å². The molecule has 0 aromatic heterocycles. The highest BCUT2D eigenvalue weighted by molar-refractivity contribution is 6.36. The van der Waals surface area contributed by atoms with E-state index in [9.17, 15) is 14.4 Å². The van der Waals surface area contributed by atoms with E-state index >= 15 is 0 Å². The molecule has 3 rings (SSSR count). The number of hydrogen-bond acceptors (Lipinski definition) is 4. The first-order valence-corrected chi connectivity index (χ1v) is 9.27. The molecule has 28 heavy (non-hydrogen) atoms. The van der Waals surface area contributed by atoms with Crippen LogP contribution in [0.1, 0.15) is 6.92 Å². The van der Waals surface area contributed by atoms with Crippen molar-refractivity contribution in [2.24, 2.45) is 5.92 Å². The van der Waals surface area contributed by atoms with Crippen LogP contribution in [0.25, 0.3) is 0 Å². The zero-order valence-corrected chi connectivity index (χ0v) is 16.4. The fourth-order valence-electron chi connectivity index (χ4n) is 2.73. The second-order valence-electron chi connectivity index (χ2n) is 5.95. The number of urea groups is 1. The number of ether oxygens (including phenoxy) is 1. The molecule has 0 radical (unpaired) electrons. The van der Waals surface area contributed by atoms with Gasteiger partial charge >= 0.3 is 6.03 Å². The van der Waals surface area contributed by atoms with Gasteiger partial charge in [0.05, 0.1) is 23.0 Å². The predicted octanol–water partition coefficient (Wildman–Crippen LogP) is 3.70. The van der Waals surface area contributed by atoms with Crippen molar-refractivity contribution in [2.75, 3.05) is 23.4 Å². The molecule has 7 nitrogen and oxygen atoms in total. The molecule has 0 saturated carbocycles. The van der Waals surface area contributed by atoms with E-state index in [0.29, 0.717) is 23.1 Å². The molecular weight excluding hydrogens is 405 g/mol. The number of anilines is 2. The average molecular weight is 422 g/mol. The van der Waals surface area contributed by atoms with Crippen LogP contribution in [-0.4, -0.2) is 31.0 Å². The topological polar surface area (TPSA) is 87.7 Å². The maximum atomic E-state index is 12.8. The Morgan fingerprint density at radius 1 is 1.21 bits per heavy atom. The van der Waals surface area contributed by atoms with E-state index in [2.05, 4.69) is 10.6 Å². The Bertz CT molecular complexity index is 918. The number of rotatable bonds is 5. The van der Waals surface area contributed by atoms with Crippen molar-refractivity contribution >= 4 is 52.4 Å². The van der Waals surface area contributed by atoms with Crippen molar-refractivity contribution < 1.29 is 19.1 Å². The van der Waals surface area contributed by atoms with Gasteiger partial charge in [-0.1, -0.05) is 23.2 Å². The second kappa shape index (κ2) is 8.50. The van der Waals surface area contributed by atoms with Crippen molar-refractivity contribution in [1.29, 1.82) is 0 Å². The quantitative estimate of drug-likeness (QED) is 0.720. The van der Waals surface area contributed by atoms with Crippen LogP contribution in [0, 0.1) is 5.92 Å². The SMILES string of the molecule is CCOc1ccc(N2C(=O)NCC(C(=O)Nc3cc(Cl)ccc3Cl)C2=O)cc1. The highest BCUT2D eigenvalue weighted by Gasteiger charge is 2.39. The fraction of sp³-hybridized carbons (Fsp3) is 0.211. The van der Waals surface area contributed by atoms with E-state index in [1.54, 1.807) is 30.3 Å². The maximum Gasteiger partial charge on any atom is 0.328 e. The molecule has 1 fully saturated rings. The lowest BCUT2D eigenvalue weighted by molar-refractivity contribution is -0.130. The first-order chi connectivity index (χ1) is 13.4. The highest BCUT2D eigenvalue weighted by Crippen LogP contribution is 2.27. The van der Waals surface area contributed by atoms with Gasteiger partial charge in [0.25, 0.3) is 0 Å². The lowest BCUT2D eigenvalue weighted by atomic mass is 10.0. The number of hydrogen-bond donors (Lipinski definition) is 2. The van der Waals surface area contributed by atoms with Crippen LogP contribution in [0.4, 0.5) is 16.2 Å². The molecule has 1 atom stereocenters. The fourth-order valence-corrected chi connectivity index (χ4v) is 3.07. The standard InChI is InChI=1S/C19H17Cl2N3O4/c1-2-28-13-6-4-12(5-7-13)24-18(26)14(10-22-19(24)27)17(25)23-16-9-11(20)3-8-15(16)21/h3-9,14H,2,10H2,1H3,(H,22,27)(H,23,25). The molecule has 9 heteroatoms. The number of carbonyl (C=O) groups is 3. The Hall–Kier alpha value is -2.77. The normalized spacial score (nSPS) is 16.5. The van der Waals surface area contributed by atoms with Gasteiger partial charge in [-0.05, 0) is 49.4 Å². The largest absolute Gasteiger partial charge is 0.494 e. The van der Waals surface area contributed by atoms with Gasteiger partial charge in [-0.25, -0.2) is 9.69 Å². The number of halogens is 2. The van der Waals surface area contributed by atoms with Crippen molar-refractivity contribution in [3.05, 3.63) is 52.5 Å². The summed E-state index contributed by atoms with van der Waals surface area (Å²) >= 11 is 12.0. The lowest BCUT2D eigenvalue weighted by Gasteiger charge is -2.30. The van der Waals surface area contributed by atoms with Crippen LogP contribution >= 0.6 is 23.2 Å².